The van der Waals surface area contributed by atoms with Crippen molar-refractivity contribution in [2.45, 2.75) is 50.8 Å². The van der Waals surface area contributed by atoms with Gasteiger partial charge in [-0.15, -0.1) is 0 Å². The Morgan fingerprint density at radius 3 is 2.35 bits per heavy atom. The van der Waals surface area contributed by atoms with Crippen molar-refractivity contribution >= 4 is 0 Å². The second-order valence-corrected chi connectivity index (χ2v) is 5.11. The molecule has 1 fully saturated rings. The molecule has 1 N–H and O–H groups in total. The zero-order valence-corrected chi connectivity index (χ0v) is 10.6. The standard InChI is InChI=1S/C12H22F3NO/c1-10-3-5-11(6-4-10,9-16-2)17-8-7-12(13,14)15/h10,16H,3-9H2,1-2H3. The predicted octanol–water partition coefficient (Wildman–Crippen LogP) is 3.12. The molecule has 0 unspecified atom stereocenters. The van der Waals surface area contributed by atoms with Crippen LogP contribution in [0.3, 0.4) is 0 Å². The Labute approximate surface area is 101 Å². The number of nitrogens with one attached hydrogen (secondary N) is 1. The van der Waals surface area contributed by atoms with Crippen LogP contribution in [0.1, 0.15) is 39.0 Å². The second kappa shape index (κ2) is 6.05. The summed E-state index contributed by atoms with van der Waals surface area (Å²) in [6, 6.07) is 0. The first-order chi connectivity index (χ1) is 7.87. The van der Waals surface area contributed by atoms with Gasteiger partial charge < -0.3 is 10.1 Å². The normalized spacial score (nSPS) is 30.5. The average molecular weight is 253 g/mol. The van der Waals surface area contributed by atoms with Crippen LogP contribution in [0, 0.1) is 5.92 Å². The van der Waals surface area contributed by atoms with Gasteiger partial charge in [-0.1, -0.05) is 6.92 Å². The van der Waals surface area contributed by atoms with Gasteiger partial charge in [-0.2, -0.15) is 13.2 Å². The SMILES string of the molecule is CNCC1(OCCC(F)(F)F)CCC(C)CC1. The summed E-state index contributed by atoms with van der Waals surface area (Å²) < 4.78 is 41.8. The molecule has 102 valence electrons. The van der Waals surface area contributed by atoms with E-state index < -0.39 is 12.6 Å². The molecule has 0 aromatic rings. The van der Waals surface area contributed by atoms with E-state index in [1.165, 1.54) is 0 Å². The highest BCUT2D eigenvalue weighted by molar-refractivity contribution is 4.88. The van der Waals surface area contributed by atoms with E-state index in [-0.39, 0.29) is 12.2 Å². The maximum Gasteiger partial charge on any atom is 0.391 e. The number of halogens is 3. The molecule has 1 rings (SSSR count). The molecule has 1 saturated carbocycles. The minimum absolute atomic E-state index is 0.223. The number of rotatable bonds is 5. The van der Waals surface area contributed by atoms with Crippen LogP contribution in [0.4, 0.5) is 13.2 Å². The summed E-state index contributed by atoms with van der Waals surface area (Å²) in [6.45, 7) is 2.59. The Balaban J connectivity index is 2.42. The fourth-order valence-electron chi connectivity index (χ4n) is 2.37. The number of hydrogen-bond donors (Lipinski definition) is 1. The fourth-order valence-corrected chi connectivity index (χ4v) is 2.37. The van der Waals surface area contributed by atoms with Gasteiger partial charge in [-0.25, -0.2) is 0 Å². The third-order valence-electron chi connectivity index (χ3n) is 3.48. The third kappa shape index (κ3) is 5.25. The zero-order valence-electron chi connectivity index (χ0n) is 10.6. The lowest BCUT2D eigenvalue weighted by atomic mass is 9.79. The lowest BCUT2D eigenvalue weighted by Crippen LogP contribution is -2.45. The molecule has 0 aromatic carbocycles. The molecule has 1 aliphatic carbocycles. The van der Waals surface area contributed by atoms with Crippen molar-refractivity contribution in [1.29, 1.82) is 0 Å². The van der Waals surface area contributed by atoms with Gasteiger partial charge in [0.1, 0.15) is 0 Å². The van der Waals surface area contributed by atoms with Gasteiger partial charge in [0.25, 0.3) is 0 Å². The van der Waals surface area contributed by atoms with E-state index in [1.807, 2.05) is 7.05 Å². The van der Waals surface area contributed by atoms with E-state index in [2.05, 4.69) is 12.2 Å². The molecular formula is C12H22F3NO. The van der Waals surface area contributed by atoms with Crippen molar-refractivity contribution < 1.29 is 17.9 Å². The van der Waals surface area contributed by atoms with E-state index in [4.69, 9.17) is 4.74 Å². The van der Waals surface area contributed by atoms with Crippen LogP contribution in [-0.4, -0.2) is 32.0 Å². The molecule has 0 spiro atoms. The van der Waals surface area contributed by atoms with E-state index in [1.54, 1.807) is 0 Å². The summed E-state index contributed by atoms with van der Waals surface area (Å²) in [7, 11) is 1.81. The molecule has 2 nitrogen and oxygen atoms in total. The van der Waals surface area contributed by atoms with Crippen LogP contribution in [0.2, 0.25) is 0 Å². The largest absolute Gasteiger partial charge is 0.391 e. The van der Waals surface area contributed by atoms with Crippen molar-refractivity contribution in [2.24, 2.45) is 5.92 Å². The summed E-state index contributed by atoms with van der Waals surface area (Å²) in [6.07, 6.45) is -1.20. The Hall–Kier alpha value is -0.290. The van der Waals surface area contributed by atoms with Gasteiger partial charge in [0, 0.05) is 6.54 Å². The molecule has 5 heteroatoms. The molecule has 0 atom stereocenters. The minimum atomic E-state index is -4.12. The Morgan fingerprint density at radius 2 is 1.88 bits per heavy atom. The summed E-state index contributed by atoms with van der Waals surface area (Å²) >= 11 is 0. The first-order valence-electron chi connectivity index (χ1n) is 6.22. The van der Waals surface area contributed by atoms with Crippen LogP contribution >= 0.6 is 0 Å². The molecule has 0 radical (unpaired) electrons. The third-order valence-corrected chi connectivity index (χ3v) is 3.48. The maximum absolute atomic E-state index is 12.1. The first-order valence-corrected chi connectivity index (χ1v) is 6.22. The number of alkyl halides is 3. The minimum Gasteiger partial charge on any atom is -0.373 e. The predicted molar refractivity (Wildman–Crippen MR) is 60.9 cm³/mol. The van der Waals surface area contributed by atoms with E-state index in [0.29, 0.717) is 12.5 Å². The monoisotopic (exact) mass is 253 g/mol. The zero-order chi connectivity index (χ0) is 12.9. The van der Waals surface area contributed by atoms with Crippen molar-refractivity contribution in [3.05, 3.63) is 0 Å². The molecule has 0 aromatic heterocycles. The van der Waals surface area contributed by atoms with Gasteiger partial charge in [-0.05, 0) is 38.6 Å². The molecule has 0 aliphatic heterocycles. The smallest absolute Gasteiger partial charge is 0.373 e. The lowest BCUT2D eigenvalue weighted by molar-refractivity contribution is -0.162. The maximum atomic E-state index is 12.1. The summed E-state index contributed by atoms with van der Waals surface area (Å²) in [5, 5.41) is 3.03. The molecule has 0 bridgehead atoms. The van der Waals surface area contributed by atoms with Crippen LogP contribution in [-0.2, 0) is 4.74 Å². The van der Waals surface area contributed by atoms with Gasteiger partial charge in [0.2, 0.25) is 0 Å². The summed E-state index contributed by atoms with van der Waals surface area (Å²) in [5.41, 5.74) is -0.382. The van der Waals surface area contributed by atoms with Crippen LogP contribution in [0.5, 0.6) is 0 Å². The number of likely N-dealkylation sites (N-methyl/N-ethyl adjacent to an activating group) is 1. The number of ether oxygens (including phenoxy) is 1. The van der Waals surface area contributed by atoms with Gasteiger partial charge in [0.15, 0.2) is 0 Å². The topological polar surface area (TPSA) is 21.3 Å². The molecule has 0 amide bonds. The first kappa shape index (κ1) is 14.8. The lowest BCUT2D eigenvalue weighted by Gasteiger charge is -2.39. The Morgan fingerprint density at radius 1 is 1.29 bits per heavy atom. The molecule has 17 heavy (non-hydrogen) atoms. The second-order valence-electron chi connectivity index (χ2n) is 5.11. The van der Waals surface area contributed by atoms with Crippen LogP contribution in [0.15, 0.2) is 0 Å². The van der Waals surface area contributed by atoms with Gasteiger partial charge in [0.05, 0.1) is 18.6 Å². The fraction of sp³-hybridized carbons (Fsp3) is 1.00. The molecule has 0 saturated heterocycles. The molecular weight excluding hydrogens is 231 g/mol. The van der Waals surface area contributed by atoms with Crippen molar-refractivity contribution in [1.82, 2.24) is 5.32 Å². The quantitative estimate of drug-likeness (QED) is 0.812. The Kier molecular flexibility index (Phi) is 5.25. The Bertz CT molecular complexity index is 222. The van der Waals surface area contributed by atoms with E-state index in [0.717, 1.165) is 25.7 Å². The van der Waals surface area contributed by atoms with Crippen molar-refractivity contribution in [3.8, 4) is 0 Å². The summed E-state index contributed by atoms with van der Waals surface area (Å²) in [4.78, 5) is 0. The highest BCUT2D eigenvalue weighted by Gasteiger charge is 2.36. The molecule has 0 heterocycles. The summed E-state index contributed by atoms with van der Waals surface area (Å²) in [5.74, 6) is 0.659. The van der Waals surface area contributed by atoms with Crippen molar-refractivity contribution in [2.75, 3.05) is 20.2 Å². The van der Waals surface area contributed by atoms with Crippen LogP contribution in [0.25, 0.3) is 0 Å². The van der Waals surface area contributed by atoms with Crippen molar-refractivity contribution in [3.63, 3.8) is 0 Å². The molecule has 1 aliphatic rings. The van der Waals surface area contributed by atoms with Crippen LogP contribution < -0.4 is 5.32 Å². The highest BCUT2D eigenvalue weighted by atomic mass is 19.4. The number of hydrogen-bond acceptors (Lipinski definition) is 2. The highest BCUT2D eigenvalue weighted by Crippen LogP contribution is 2.35. The van der Waals surface area contributed by atoms with E-state index in [9.17, 15) is 13.2 Å². The van der Waals surface area contributed by atoms with Gasteiger partial charge >= 0.3 is 6.18 Å². The van der Waals surface area contributed by atoms with Gasteiger partial charge in [-0.3, -0.25) is 0 Å². The van der Waals surface area contributed by atoms with E-state index >= 15 is 0 Å². The average Bonchev–Trinajstić information content (AvgIpc) is 2.21.